The van der Waals surface area contributed by atoms with Crippen molar-refractivity contribution in [3.8, 4) is 11.8 Å². The Morgan fingerprint density at radius 3 is 1.28 bits per heavy atom. The van der Waals surface area contributed by atoms with E-state index in [9.17, 15) is 0 Å². The molecule has 98 valence electrons. The Bertz CT molecular complexity index is 364. The molecule has 0 nitrogen and oxygen atoms in total. The van der Waals surface area contributed by atoms with Crippen LogP contribution in [0.25, 0.3) is 0 Å². The van der Waals surface area contributed by atoms with Gasteiger partial charge >= 0.3 is 0 Å². The SMILES string of the molecule is ClC(C#CC(Cl)=C1CCCCC1)=C1CCCCC1. The second kappa shape index (κ2) is 7.27. The van der Waals surface area contributed by atoms with E-state index in [4.69, 9.17) is 23.2 Å². The van der Waals surface area contributed by atoms with Crippen molar-refractivity contribution in [2.75, 3.05) is 0 Å². The summed E-state index contributed by atoms with van der Waals surface area (Å²) in [6.07, 6.45) is 12.1. The van der Waals surface area contributed by atoms with Gasteiger partial charge in [-0.1, -0.05) is 36.0 Å². The van der Waals surface area contributed by atoms with Crippen molar-refractivity contribution in [3.05, 3.63) is 21.2 Å². The largest absolute Gasteiger partial charge is 0.0900 e. The minimum absolute atomic E-state index is 0.740. The molecule has 0 spiro atoms. The number of hydrogen-bond acceptors (Lipinski definition) is 0. The minimum atomic E-state index is 0.740. The number of rotatable bonds is 0. The molecule has 0 aromatic heterocycles. The molecule has 0 N–H and O–H groups in total. The van der Waals surface area contributed by atoms with Gasteiger partial charge in [0.05, 0.1) is 10.1 Å². The van der Waals surface area contributed by atoms with Crippen molar-refractivity contribution in [2.24, 2.45) is 0 Å². The summed E-state index contributed by atoms with van der Waals surface area (Å²) >= 11 is 12.5. The van der Waals surface area contributed by atoms with Gasteiger partial charge < -0.3 is 0 Å². The zero-order valence-corrected chi connectivity index (χ0v) is 12.3. The highest BCUT2D eigenvalue weighted by atomic mass is 35.5. The normalized spacial score (nSPS) is 20.1. The molecule has 18 heavy (non-hydrogen) atoms. The smallest absolute Gasteiger partial charge is 0.0745 e. The molecule has 0 aromatic carbocycles. The van der Waals surface area contributed by atoms with E-state index in [2.05, 4.69) is 11.8 Å². The van der Waals surface area contributed by atoms with E-state index in [1.54, 1.807) is 0 Å². The van der Waals surface area contributed by atoms with Gasteiger partial charge in [0.1, 0.15) is 0 Å². The molecule has 0 heterocycles. The van der Waals surface area contributed by atoms with Crippen LogP contribution in [0.15, 0.2) is 21.2 Å². The standard InChI is InChI=1S/C16H20Cl2/c17-15(13-7-3-1-4-8-13)11-12-16(18)14-9-5-2-6-10-14/h1-10H2. The van der Waals surface area contributed by atoms with E-state index in [1.807, 2.05) is 0 Å². The third-order valence-corrected chi connectivity index (χ3v) is 4.54. The van der Waals surface area contributed by atoms with Crippen molar-refractivity contribution in [3.63, 3.8) is 0 Å². The first kappa shape index (κ1) is 14.0. The minimum Gasteiger partial charge on any atom is -0.0745 e. The fraction of sp³-hybridized carbons (Fsp3) is 0.625. The maximum atomic E-state index is 6.27. The van der Waals surface area contributed by atoms with Gasteiger partial charge in [-0.3, -0.25) is 0 Å². The zero-order chi connectivity index (χ0) is 12.8. The molecule has 0 unspecified atom stereocenters. The van der Waals surface area contributed by atoms with Crippen molar-refractivity contribution < 1.29 is 0 Å². The summed E-state index contributed by atoms with van der Waals surface area (Å²) in [5.41, 5.74) is 2.65. The summed E-state index contributed by atoms with van der Waals surface area (Å²) in [6.45, 7) is 0. The third-order valence-electron chi connectivity index (χ3n) is 3.82. The lowest BCUT2D eigenvalue weighted by Crippen LogP contribution is -1.96. The van der Waals surface area contributed by atoms with Crippen LogP contribution in [0.3, 0.4) is 0 Å². The van der Waals surface area contributed by atoms with Gasteiger partial charge in [0, 0.05) is 0 Å². The Morgan fingerprint density at radius 2 is 0.944 bits per heavy atom. The lowest BCUT2D eigenvalue weighted by molar-refractivity contribution is 0.598. The molecule has 0 atom stereocenters. The molecule has 2 heteroatoms. The van der Waals surface area contributed by atoms with Crippen molar-refractivity contribution in [2.45, 2.75) is 64.2 Å². The Balaban J connectivity index is 2.06. The van der Waals surface area contributed by atoms with Gasteiger partial charge in [-0.25, -0.2) is 0 Å². The predicted molar refractivity (Wildman–Crippen MR) is 79.7 cm³/mol. The van der Waals surface area contributed by atoms with Crippen LogP contribution in [0, 0.1) is 11.8 Å². The summed E-state index contributed by atoms with van der Waals surface area (Å²) in [6, 6.07) is 0. The van der Waals surface area contributed by atoms with Crippen molar-refractivity contribution >= 4 is 23.2 Å². The van der Waals surface area contributed by atoms with Crippen molar-refractivity contribution in [1.82, 2.24) is 0 Å². The van der Waals surface area contributed by atoms with Gasteiger partial charge in [-0.2, -0.15) is 0 Å². The number of halogens is 2. The molecule has 0 bridgehead atoms. The van der Waals surface area contributed by atoms with Gasteiger partial charge in [-0.05, 0) is 74.4 Å². The molecular weight excluding hydrogens is 263 g/mol. The summed E-state index contributed by atoms with van der Waals surface area (Å²) in [7, 11) is 0. The molecule has 0 amide bonds. The number of allylic oxidation sites excluding steroid dienone is 4. The van der Waals surface area contributed by atoms with Gasteiger partial charge in [0.15, 0.2) is 0 Å². The second-order valence-electron chi connectivity index (χ2n) is 5.21. The molecule has 2 fully saturated rings. The molecular formula is C16H20Cl2. The average molecular weight is 283 g/mol. The first-order chi connectivity index (χ1) is 8.77. The molecule has 2 aliphatic rings. The van der Waals surface area contributed by atoms with Crippen LogP contribution in [0.2, 0.25) is 0 Å². The van der Waals surface area contributed by atoms with E-state index >= 15 is 0 Å². The summed E-state index contributed by atoms with van der Waals surface area (Å²) < 4.78 is 0. The van der Waals surface area contributed by atoms with Crippen LogP contribution < -0.4 is 0 Å². The van der Waals surface area contributed by atoms with E-state index in [1.165, 1.54) is 49.7 Å². The highest BCUT2D eigenvalue weighted by molar-refractivity contribution is 6.34. The molecule has 0 radical (unpaired) electrons. The lowest BCUT2D eigenvalue weighted by Gasteiger charge is -2.14. The second-order valence-corrected chi connectivity index (χ2v) is 5.96. The van der Waals surface area contributed by atoms with Crippen LogP contribution in [0.1, 0.15) is 64.2 Å². The molecule has 0 aliphatic heterocycles. The molecule has 0 aromatic rings. The van der Waals surface area contributed by atoms with Crippen LogP contribution >= 0.6 is 23.2 Å². The third kappa shape index (κ3) is 4.08. The molecule has 0 saturated heterocycles. The Labute approximate surface area is 120 Å². The van der Waals surface area contributed by atoms with E-state index in [0.29, 0.717) is 0 Å². The van der Waals surface area contributed by atoms with Crippen LogP contribution in [0.4, 0.5) is 0 Å². The Morgan fingerprint density at radius 1 is 0.611 bits per heavy atom. The molecule has 2 rings (SSSR count). The molecule has 2 aliphatic carbocycles. The number of hydrogen-bond donors (Lipinski definition) is 0. The Kier molecular flexibility index (Phi) is 5.67. The highest BCUT2D eigenvalue weighted by Crippen LogP contribution is 2.29. The lowest BCUT2D eigenvalue weighted by atomic mass is 9.94. The van der Waals surface area contributed by atoms with Crippen molar-refractivity contribution in [1.29, 1.82) is 0 Å². The van der Waals surface area contributed by atoms with Gasteiger partial charge in [0.2, 0.25) is 0 Å². The van der Waals surface area contributed by atoms with Gasteiger partial charge in [0.25, 0.3) is 0 Å². The molecule has 2 saturated carbocycles. The van der Waals surface area contributed by atoms with Crippen LogP contribution in [-0.4, -0.2) is 0 Å². The fourth-order valence-electron chi connectivity index (χ4n) is 2.68. The van der Waals surface area contributed by atoms with Crippen LogP contribution in [-0.2, 0) is 0 Å². The first-order valence-corrected chi connectivity index (χ1v) is 7.80. The fourth-order valence-corrected chi connectivity index (χ4v) is 3.16. The zero-order valence-electron chi connectivity index (χ0n) is 10.8. The van der Waals surface area contributed by atoms with Gasteiger partial charge in [-0.15, -0.1) is 0 Å². The Hall–Kier alpha value is -0.380. The summed E-state index contributed by atoms with van der Waals surface area (Å²) in [4.78, 5) is 0. The average Bonchev–Trinajstić information content (AvgIpc) is 2.46. The first-order valence-electron chi connectivity index (χ1n) is 7.04. The quantitative estimate of drug-likeness (QED) is 0.485. The monoisotopic (exact) mass is 282 g/mol. The summed E-state index contributed by atoms with van der Waals surface area (Å²) in [5, 5.41) is 1.48. The van der Waals surface area contributed by atoms with Crippen LogP contribution in [0.5, 0.6) is 0 Å². The highest BCUT2D eigenvalue weighted by Gasteiger charge is 2.10. The topological polar surface area (TPSA) is 0 Å². The maximum absolute atomic E-state index is 6.27. The van der Waals surface area contributed by atoms with E-state index in [0.717, 1.165) is 35.7 Å². The predicted octanol–water partition coefficient (Wildman–Crippen LogP) is 5.90. The summed E-state index contributed by atoms with van der Waals surface area (Å²) in [5.74, 6) is 6.11. The van der Waals surface area contributed by atoms with E-state index in [-0.39, 0.29) is 0 Å². The van der Waals surface area contributed by atoms with E-state index < -0.39 is 0 Å². The maximum Gasteiger partial charge on any atom is 0.0900 e.